The average molecular weight is 512 g/mol. The summed E-state index contributed by atoms with van der Waals surface area (Å²) in [5, 5.41) is 17.0. The first-order chi connectivity index (χ1) is 16.1. The molecule has 2 aliphatic rings. The van der Waals surface area contributed by atoms with E-state index in [0.717, 1.165) is 16.2 Å². The summed E-state index contributed by atoms with van der Waals surface area (Å²) in [6.45, 7) is 2.72. The highest BCUT2D eigenvalue weighted by atomic mass is 32.2. The quantitative estimate of drug-likeness (QED) is 0.123. The van der Waals surface area contributed by atoms with Crippen LogP contribution in [0.2, 0.25) is 0 Å². The van der Waals surface area contributed by atoms with Crippen molar-refractivity contribution in [3.63, 3.8) is 0 Å². The molecule has 34 heavy (non-hydrogen) atoms. The number of carbonyl (C=O) groups is 5. The molecule has 3 rings (SSSR count). The largest absolute Gasteiger partial charge is 0.477 e. The van der Waals surface area contributed by atoms with Crippen molar-refractivity contribution >= 4 is 63.5 Å². The number of nitrogens with one attached hydrogen (secondary N) is 1. The highest BCUT2D eigenvalue weighted by Gasteiger charge is 2.54. The molecule has 15 heteroatoms. The predicted molar refractivity (Wildman–Crippen MR) is 121 cm³/mol. The number of carboxylic acids is 1. The summed E-state index contributed by atoms with van der Waals surface area (Å²) in [6, 6.07) is -1.02. The smallest absolute Gasteiger partial charge is 0.352 e. The van der Waals surface area contributed by atoms with Crippen LogP contribution in [0.1, 0.15) is 26.0 Å². The second-order valence-corrected chi connectivity index (χ2v) is 9.08. The van der Waals surface area contributed by atoms with E-state index < -0.39 is 41.6 Å². The molecule has 2 aliphatic heterocycles. The van der Waals surface area contributed by atoms with E-state index >= 15 is 0 Å². The van der Waals surface area contributed by atoms with Crippen molar-refractivity contribution in [2.24, 2.45) is 5.16 Å². The van der Waals surface area contributed by atoms with Gasteiger partial charge in [-0.2, -0.15) is 0 Å². The fourth-order valence-electron chi connectivity index (χ4n) is 3.16. The zero-order valence-electron chi connectivity index (χ0n) is 18.1. The van der Waals surface area contributed by atoms with Crippen LogP contribution in [-0.4, -0.2) is 80.6 Å². The molecule has 4 N–H and O–H groups in total. The van der Waals surface area contributed by atoms with Crippen LogP contribution in [0.5, 0.6) is 0 Å². The number of ketones is 1. The fourth-order valence-corrected chi connectivity index (χ4v) is 5.03. The molecule has 1 aromatic heterocycles. The van der Waals surface area contributed by atoms with Crippen molar-refractivity contribution < 1.29 is 38.7 Å². The highest BCUT2D eigenvalue weighted by Crippen LogP contribution is 2.40. The lowest BCUT2D eigenvalue weighted by Gasteiger charge is -2.49. The maximum Gasteiger partial charge on any atom is 0.352 e. The summed E-state index contributed by atoms with van der Waals surface area (Å²) < 4.78 is 4.98. The topological polar surface area (TPSA) is 191 Å². The molecule has 182 valence electrons. The lowest BCUT2D eigenvalue weighted by Crippen LogP contribution is -2.71. The summed E-state index contributed by atoms with van der Waals surface area (Å²) >= 11 is 2.30. The van der Waals surface area contributed by atoms with Gasteiger partial charge in [0, 0.05) is 16.7 Å². The number of nitrogens with zero attached hydrogens (tertiary/aromatic N) is 3. The van der Waals surface area contributed by atoms with E-state index in [1.165, 1.54) is 24.1 Å². The van der Waals surface area contributed by atoms with Crippen LogP contribution in [0.4, 0.5) is 5.13 Å². The van der Waals surface area contributed by atoms with Gasteiger partial charge in [-0.25, -0.2) is 9.78 Å². The number of carbonyl (C=O) groups excluding carboxylic acids is 4. The maximum atomic E-state index is 12.8. The molecule has 2 amide bonds. The van der Waals surface area contributed by atoms with Crippen LogP contribution in [0.25, 0.3) is 0 Å². The number of aromatic nitrogens is 1. The minimum atomic E-state index is -1.38. The van der Waals surface area contributed by atoms with Gasteiger partial charge in [-0.05, 0) is 13.8 Å². The number of thiazole rings is 1. The molecule has 0 radical (unpaired) electrons. The van der Waals surface area contributed by atoms with Gasteiger partial charge in [0.15, 0.2) is 10.8 Å². The summed E-state index contributed by atoms with van der Waals surface area (Å²) in [5.74, 6) is -3.80. The number of fused-ring (bicyclic) bond motifs is 1. The van der Waals surface area contributed by atoms with Gasteiger partial charge in [0.25, 0.3) is 11.8 Å². The third-order valence-corrected chi connectivity index (χ3v) is 6.62. The van der Waals surface area contributed by atoms with Crippen molar-refractivity contribution in [3.05, 3.63) is 22.3 Å². The lowest BCUT2D eigenvalue weighted by molar-refractivity contribution is -0.150. The molecular formula is C19H21N5O8S2. The first kappa shape index (κ1) is 25.2. The average Bonchev–Trinajstić information content (AvgIpc) is 3.20. The van der Waals surface area contributed by atoms with Gasteiger partial charge >= 0.3 is 11.9 Å². The van der Waals surface area contributed by atoms with E-state index in [1.54, 1.807) is 6.92 Å². The van der Waals surface area contributed by atoms with Crippen LogP contribution in [-0.2, 0) is 33.5 Å². The van der Waals surface area contributed by atoms with Crippen LogP contribution in [0.3, 0.4) is 0 Å². The van der Waals surface area contributed by atoms with Gasteiger partial charge in [0.2, 0.25) is 0 Å². The number of aliphatic carboxylic acids is 1. The molecule has 0 spiro atoms. The van der Waals surface area contributed by atoms with Crippen LogP contribution in [0.15, 0.2) is 21.8 Å². The number of ether oxygens (including phenoxy) is 1. The minimum absolute atomic E-state index is 0.137. The highest BCUT2D eigenvalue weighted by molar-refractivity contribution is 8.00. The second kappa shape index (κ2) is 10.6. The normalized spacial score (nSPS) is 19.8. The molecule has 3 heterocycles. The van der Waals surface area contributed by atoms with Gasteiger partial charge in [0.1, 0.15) is 48.2 Å². The van der Waals surface area contributed by atoms with E-state index in [2.05, 4.69) is 15.5 Å². The van der Waals surface area contributed by atoms with Gasteiger partial charge in [-0.1, -0.05) is 5.16 Å². The molecule has 0 bridgehead atoms. The first-order valence-corrected chi connectivity index (χ1v) is 11.8. The molecule has 1 saturated heterocycles. The SMILES string of the molecule is CCO/N=C(/C(=O)N[C@@H]1C(=O)N2C(C(=O)O)=C(COC(=O)CC(C)=O)CS[C@H]12)c1csc(N)n1. The molecule has 13 nitrogen and oxygen atoms in total. The van der Waals surface area contributed by atoms with E-state index in [-0.39, 0.29) is 52.6 Å². The van der Waals surface area contributed by atoms with Crippen molar-refractivity contribution in [2.75, 3.05) is 24.7 Å². The number of Topliss-reactive ketones (excluding diaryl/α,β-unsaturated/α-hetero) is 1. The Bertz CT molecular complexity index is 1100. The Morgan fingerprint density at radius 3 is 2.71 bits per heavy atom. The Morgan fingerprint density at radius 2 is 2.12 bits per heavy atom. The zero-order valence-corrected chi connectivity index (χ0v) is 19.7. The number of thioether (sulfide) groups is 1. The van der Waals surface area contributed by atoms with Gasteiger partial charge in [0.05, 0.1) is 0 Å². The Hall–Kier alpha value is -3.46. The number of nitrogen functional groups attached to an aromatic ring is 1. The fraction of sp³-hybridized carbons (Fsp3) is 0.421. The van der Waals surface area contributed by atoms with E-state index in [1.807, 2.05) is 0 Å². The number of carboxylic acid groups (broad SMARTS) is 1. The second-order valence-electron chi connectivity index (χ2n) is 7.09. The molecule has 0 unspecified atom stereocenters. The number of β-lactam (4-membered cyclic amide) rings is 1. The third-order valence-electron chi connectivity index (χ3n) is 4.60. The number of nitrogens with two attached hydrogens (primary N) is 1. The predicted octanol–water partition coefficient (Wildman–Crippen LogP) is -0.273. The number of rotatable bonds is 10. The minimum Gasteiger partial charge on any atom is -0.477 e. The van der Waals surface area contributed by atoms with Crippen molar-refractivity contribution in [2.45, 2.75) is 31.7 Å². The van der Waals surface area contributed by atoms with E-state index in [0.29, 0.717) is 0 Å². The van der Waals surface area contributed by atoms with Gasteiger partial charge in [-0.3, -0.25) is 24.1 Å². The van der Waals surface area contributed by atoms with Crippen molar-refractivity contribution in [1.29, 1.82) is 0 Å². The molecule has 2 atom stereocenters. The van der Waals surface area contributed by atoms with Crippen molar-refractivity contribution in [3.8, 4) is 0 Å². The summed E-state index contributed by atoms with van der Waals surface area (Å²) in [7, 11) is 0. The number of amides is 2. The third kappa shape index (κ3) is 5.36. The Balaban J connectivity index is 1.74. The standard InChI is InChI=1S/C19H21N5O8S2/c1-3-32-23-12(10-7-34-19(20)21-10)15(27)22-13-16(28)24-14(18(29)30)9(6-33-17(13)24)5-31-11(26)4-8(2)25/h7,13,17H,3-6H2,1-2H3,(H2,20,21)(H,22,27)(H,29,30)/b23-12+/t13-,17-/m1/s1. The Kier molecular flexibility index (Phi) is 7.88. The summed E-state index contributed by atoms with van der Waals surface area (Å²) in [4.78, 5) is 70.2. The monoisotopic (exact) mass is 511 g/mol. The summed E-state index contributed by atoms with van der Waals surface area (Å²) in [5.41, 5.74) is 5.52. The van der Waals surface area contributed by atoms with Crippen LogP contribution >= 0.6 is 23.1 Å². The summed E-state index contributed by atoms with van der Waals surface area (Å²) in [6.07, 6.45) is -0.432. The van der Waals surface area contributed by atoms with E-state index in [9.17, 15) is 29.1 Å². The number of anilines is 1. The Morgan fingerprint density at radius 1 is 1.38 bits per heavy atom. The number of esters is 1. The molecule has 0 aliphatic carbocycles. The molecule has 0 aromatic carbocycles. The molecule has 1 aromatic rings. The number of hydrogen-bond acceptors (Lipinski definition) is 12. The van der Waals surface area contributed by atoms with E-state index in [4.69, 9.17) is 15.3 Å². The number of hydrogen-bond donors (Lipinski definition) is 3. The number of oxime groups is 1. The molecular weight excluding hydrogens is 490 g/mol. The molecule has 0 saturated carbocycles. The van der Waals surface area contributed by atoms with Crippen LogP contribution < -0.4 is 11.1 Å². The first-order valence-electron chi connectivity index (χ1n) is 9.91. The zero-order chi connectivity index (χ0) is 25.0. The Labute approximate surface area is 201 Å². The van der Waals surface area contributed by atoms with Crippen molar-refractivity contribution in [1.82, 2.24) is 15.2 Å². The van der Waals surface area contributed by atoms with Gasteiger partial charge in [-0.15, -0.1) is 23.1 Å². The maximum absolute atomic E-state index is 12.8. The van der Waals surface area contributed by atoms with Gasteiger partial charge < -0.3 is 25.7 Å². The van der Waals surface area contributed by atoms with Crippen LogP contribution in [0, 0.1) is 0 Å². The lowest BCUT2D eigenvalue weighted by atomic mass is 10.0. The molecule has 1 fully saturated rings.